The van der Waals surface area contributed by atoms with Crippen molar-refractivity contribution >= 4 is 33.3 Å². The summed E-state index contributed by atoms with van der Waals surface area (Å²) in [4.78, 5) is 13.1. The van der Waals surface area contributed by atoms with E-state index in [0.717, 1.165) is 36.9 Å². The summed E-state index contributed by atoms with van der Waals surface area (Å²) in [5.41, 5.74) is 7.47. The Hall–Kier alpha value is -2.28. The van der Waals surface area contributed by atoms with Crippen LogP contribution in [-0.4, -0.2) is 55.3 Å². The van der Waals surface area contributed by atoms with Crippen molar-refractivity contribution in [2.45, 2.75) is 37.8 Å². The first kappa shape index (κ1) is 20.0. The van der Waals surface area contributed by atoms with Crippen LogP contribution in [0.1, 0.15) is 31.7 Å². The zero-order valence-electron chi connectivity index (χ0n) is 14.1. The van der Waals surface area contributed by atoms with Gasteiger partial charge in [-0.2, -0.15) is 18.4 Å². The SMILES string of the molecule is CO.Nc1nc(NC2CC2)c2ncn([C@H]3C=CCC3)c2n1.O=S(=O)(O)O. The monoisotopic (exact) mass is 386 g/mol. The fourth-order valence-corrected chi connectivity index (χ4v) is 2.55. The summed E-state index contributed by atoms with van der Waals surface area (Å²) in [7, 11) is -3.67. The minimum atomic E-state index is -4.67. The smallest absolute Gasteiger partial charge is 0.394 e. The maximum Gasteiger partial charge on any atom is 0.394 e. The molecule has 2 aliphatic carbocycles. The van der Waals surface area contributed by atoms with E-state index in [1.165, 1.54) is 12.8 Å². The third kappa shape index (κ3) is 5.62. The first-order chi connectivity index (χ1) is 12.3. The minimum Gasteiger partial charge on any atom is -0.400 e. The summed E-state index contributed by atoms with van der Waals surface area (Å²) < 4.78 is 33.7. The second kappa shape index (κ2) is 8.40. The van der Waals surface area contributed by atoms with Gasteiger partial charge in [0.2, 0.25) is 5.95 Å². The lowest BCUT2D eigenvalue weighted by atomic mass is 10.2. The number of rotatable bonds is 3. The molecule has 0 aliphatic heterocycles. The van der Waals surface area contributed by atoms with Gasteiger partial charge in [0.05, 0.1) is 12.4 Å². The molecule has 2 aromatic heterocycles. The topological polar surface area (TPSA) is 176 Å². The third-order valence-corrected chi connectivity index (χ3v) is 3.70. The van der Waals surface area contributed by atoms with Gasteiger partial charge in [0, 0.05) is 13.2 Å². The van der Waals surface area contributed by atoms with Crippen LogP contribution in [0, 0.1) is 0 Å². The van der Waals surface area contributed by atoms with Crippen LogP contribution in [0.4, 0.5) is 11.8 Å². The van der Waals surface area contributed by atoms with Gasteiger partial charge in [-0.05, 0) is 25.7 Å². The Morgan fingerprint density at radius 3 is 2.42 bits per heavy atom. The van der Waals surface area contributed by atoms with Gasteiger partial charge in [0.15, 0.2) is 17.0 Å². The first-order valence-corrected chi connectivity index (χ1v) is 9.29. The van der Waals surface area contributed by atoms with Crippen molar-refractivity contribution in [3.05, 3.63) is 18.5 Å². The average Bonchev–Trinajstić information content (AvgIpc) is 3.05. The van der Waals surface area contributed by atoms with Crippen LogP contribution in [0.15, 0.2) is 18.5 Å². The van der Waals surface area contributed by atoms with Crippen LogP contribution >= 0.6 is 0 Å². The van der Waals surface area contributed by atoms with Gasteiger partial charge < -0.3 is 20.7 Å². The van der Waals surface area contributed by atoms with Crippen molar-refractivity contribution in [2.24, 2.45) is 0 Å². The second-order valence-corrected chi connectivity index (χ2v) is 6.59. The number of hydrogen-bond donors (Lipinski definition) is 5. The minimum absolute atomic E-state index is 0.305. The maximum absolute atomic E-state index is 8.74. The molecular weight excluding hydrogens is 364 g/mol. The summed E-state index contributed by atoms with van der Waals surface area (Å²) in [6.45, 7) is 0. The number of aliphatic hydroxyl groups is 1. The predicted octanol–water partition coefficient (Wildman–Crippen LogP) is 0.830. The molecule has 0 spiro atoms. The Kier molecular flexibility index (Phi) is 6.47. The number of nitrogens with one attached hydrogen (secondary N) is 1. The zero-order chi connectivity index (χ0) is 19.3. The Balaban J connectivity index is 0.000000304. The number of allylic oxidation sites excluding steroid dienone is 2. The van der Waals surface area contributed by atoms with Crippen LogP contribution < -0.4 is 11.1 Å². The van der Waals surface area contributed by atoms with Crippen molar-refractivity contribution in [1.82, 2.24) is 19.5 Å². The van der Waals surface area contributed by atoms with E-state index in [1.807, 2.05) is 6.33 Å². The Bertz CT molecular complexity index is 869. The molecule has 2 heterocycles. The number of aliphatic hydroxyl groups excluding tert-OH is 1. The van der Waals surface area contributed by atoms with Gasteiger partial charge in [0.1, 0.15) is 0 Å². The Labute approximate surface area is 150 Å². The summed E-state index contributed by atoms with van der Waals surface area (Å²) in [6.07, 6.45) is 10.8. The highest BCUT2D eigenvalue weighted by Gasteiger charge is 2.24. The quantitative estimate of drug-likeness (QED) is 0.375. The molecule has 12 heteroatoms. The second-order valence-electron chi connectivity index (χ2n) is 5.69. The van der Waals surface area contributed by atoms with E-state index in [9.17, 15) is 0 Å². The molecule has 0 aromatic carbocycles. The Morgan fingerprint density at radius 2 is 1.88 bits per heavy atom. The van der Waals surface area contributed by atoms with Crippen LogP contribution in [0.2, 0.25) is 0 Å². The number of imidazole rings is 1. The summed E-state index contributed by atoms with van der Waals surface area (Å²) >= 11 is 0. The van der Waals surface area contributed by atoms with E-state index >= 15 is 0 Å². The van der Waals surface area contributed by atoms with E-state index in [2.05, 4.69) is 37.0 Å². The standard InChI is InChI=1S/C13H16N6.CH4O.H2O4S/c14-13-17-11(16-8-5-6-8)10-12(18-13)19(7-15-10)9-3-1-2-4-9;1-2;1-5(2,3)4/h1,3,7-9H,2,4-6H2,(H3,14,16,17,18);2H,1H3;(H2,1,2,3,4)/t9-;;/m0../s1. The van der Waals surface area contributed by atoms with Crippen LogP contribution in [0.25, 0.3) is 11.2 Å². The third-order valence-electron chi connectivity index (χ3n) is 3.70. The molecule has 1 saturated carbocycles. The summed E-state index contributed by atoms with van der Waals surface area (Å²) in [6, 6.07) is 0.863. The van der Waals surface area contributed by atoms with Crippen molar-refractivity contribution in [3.8, 4) is 0 Å². The largest absolute Gasteiger partial charge is 0.400 e. The highest BCUT2D eigenvalue weighted by atomic mass is 32.3. The lowest BCUT2D eigenvalue weighted by molar-refractivity contribution is 0.381. The molecule has 0 amide bonds. The average molecular weight is 386 g/mol. The Morgan fingerprint density at radius 1 is 1.23 bits per heavy atom. The number of hydrogen-bond acceptors (Lipinski definition) is 8. The molecule has 0 bridgehead atoms. The maximum atomic E-state index is 8.74. The van der Waals surface area contributed by atoms with Crippen molar-refractivity contribution in [3.63, 3.8) is 0 Å². The number of nitrogen functional groups attached to an aromatic ring is 1. The highest BCUT2D eigenvalue weighted by molar-refractivity contribution is 7.79. The fraction of sp³-hybridized carbons (Fsp3) is 0.500. The molecule has 11 nitrogen and oxygen atoms in total. The molecule has 0 radical (unpaired) electrons. The molecule has 2 aliphatic rings. The van der Waals surface area contributed by atoms with Crippen molar-refractivity contribution in [2.75, 3.05) is 18.2 Å². The molecule has 6 N–H and O–H groups in total. The lowest BCUT2D eigenvalue weighted by Crippen LogP contribution is -2.09. The van der Waals surface area contributed by atoms with Crippen molar-refractivity contribution in [1.29, 1.82) is 0 Å². The van der Waals surface area contributed by atoms with Crippen molar-refractivity contribution < 1.29 is 22.6 Å². The number of fused-ring (bicyclic) bond motifs is 1. The van der Waals surface area contributed by atoms with Crippen LogP contribution in [-0.2, 0) is 10.4 Å². The van der Waals surface area contributed by atoms with Gasteiger partial charge in [-0.3, -0.25) is 9.11 Å². The normalized spacial score (nSPS) is 18.7. The van der Waals surface area contributed by atoms with Gasteiger partial charge in [0.25, 0.3) is 0 Å². The zero-order valence-corrected chi connectivity index (χ0v) is 15.0. The molecule has 26 heavy (non-hydrogen) atoms. The van der Waals surface area contributed by atoms with Crippen LogP contribution in [0.3, 0.4) is 0 Å². The molecule has 1 atom stereocenters. The lowest BCUT2D eigenvalue weighted by Gasteiger charge is -2.11. The van der Waals surface area contributed by atoms with Crippen LogP contribution in [0.5, 0.6) is 0 Å². The summed E-state index contributed by atoms with van der Waals surface area (Å²) in [5, 5.41) is 10.4. The molecular formula is C14H22N6O5S. The number of nitrogens with zero attached hydrogens (tertiary/aromatic N) is 4. The first-order valence-electron chi connectivity index (χ1n) is 7.89. The molecule has 0 saturated heterocycles. The van der Waals surface area contributed by atoms with Gasteiger partial charge in [-0.1, -0.05) is 12.2 Å². The van der Waals surface area contributed by atoms with Gasteiger partial charge in [-0.15, -0.1) is 0 Å². The highest BCUT2D eigenvalue weighted by Crippen LogP contribution is 2.31. The van der Waals surface area contributed by atoms with E-state index in [-0.39, 0.29) is 0 Å². The molecule has 1 fully saturated rings. The molecule has 0 unspecified atom stereocenters. The van der Waals surface area contributed by atoms with E-state index in [1.54, 1.807) is 0 Å². The number of anilines is 2. The predicted molar refractivity (Wildman–Crippen MR) is 96.1 cm³/mol. The molecule has 4 rings (SSSR count). The van der Waals surface area contributed by atoms with E-state index < -0.39 is 10.4 Å². The van der Waals surface area contributed by atoms with E-state index in [4.69, 9.17) is 28.4 Å². The fourth-order valence-electron chi connectivity index (χ4n) is 2.55. The number of aromatic nitrogens is 4. The van der Waals surface area contributed by atoms with Gasteiger partial charge in [-0.25, -0.2) is 4.98 Å². The van der Waals surface area contributed by atoms with E-state index in [0.29, 0.717) is 18.0 Å². The van der Waals surface area contributed by atoms with Gasteiger partial charge >= 0.3 is 10.4 Å². The molecule has 2 aromatic rings. The summed E-state index contributed by atoms with van der Waals surface area (Å²) in [5.74, 6) is 1.07. The number of nitrogens with two attached hydrogens (primary N) is 1. The molecule has 144 valence electrons.